The number of benzene rings is 1. The van der Waals surface area contributed by atoms with Crippen molar-refractivity contribution in [2.75, 3.05) is 13.1 Å². The maximum atomic E-state index is 11.9. The normalized spacial score (nSPS) is 21.3. The fourth-order valence-corrected chi connectivity index (χ4v) is 2.30. The third-order valence-electron chi connectivity index (χ3n) is 3.39. The maximum Gasteiger partial charge on any atom is 0.253 e. The van der Waals surface area contributed by atoms with Gasteiger partial charge in [-0.1, -0.05) is 11.6 Å². The summed E-state index contributed by atoms with van der Waals surface area (Å²) in [6.07, 6.45) is 2.61. The van der Waals surface area contributed by atoms with Gasteiger partial charge in [-0.2, -0.15) is 0 Å². The van der Waals surface area contributed by atoms with Crippen LogP contribution in [0.3, 0.4) is 0 Å². The number of rotatable bonds is 1. The molecule has 1 aliphatic heterocycles. The van der Waals surface area contributed by atoms with Crippen LogP contribution in [0.2, 0.25) is 5.02 Å². The molecule has 0 unspecified atom stereocenters. The van der Waals surface area contributed by atoms with E-state index in [0.717, 1.165) is 18.7 Å². The van der Waals surface area contributed by atoms with Gasteiger partial charge in [0, 0.05) is 29.1 Å². The van der Waals surface area contributed by atoms with Crippen LogP contribution < -0.4 is 0 Å². The Morgan fingerprint density at radius 1 is 1.20 bits per heavy atom. The molecule has 1 saturated heterocycles. The number of nitrogens with zero attached hydrogens (tertiary/aromatic N) is 1. The molecule has 1 saturated carbocycles. The molecule has 78 valence electrons. The lowest BCUT2D eigenvalue weighted by Crippen LogP contribution is -2.51. The van der Waals surface area contributed by atoms with Crippen molar-refractivity contribution >= 4 is 17.5 Å². The molecule has 2 aliphatic rings. The predicted molar refractivity (Wildman–Crippen MR) is 59.0 cm³/mol. The van der Waals surface area contributed by atoms with Gasteiger partial charge in [-0.3, -0.25) is 4.79 Å². The van der Waals surface area contributed by atoms with Crippen molar-refractivity contribution in [3.8, 4) is 0 Å². The van der Waals surface area contributed by atoms with Crippen molar-refractivity contribution in [2.24, 2.45) is 5.41 Å². The van der Waals surface area contributed by atoms with E-state index in [-0.39, 0.29) is 5.91 Å². The van der Waals surface area contributed by atoms with Crippen LogP contribution in [0.1, 0.15) is 23.2 Å². The highest BCUT2D eigenvalue weighted by molar-refractivity contribution is 6.30. The molecule has 1 amide bonds. The molecule has 15 heavy (non-hydrogen) atoms. The number of carbonyl (C=O) groups excluding carboxylic acids is 1. The molecule has 3 rings (SSSR count). The van der Waals surface area contributed by atoms with E-state index in [1.165, 1.54) is 12.8 Å². The lowest BCUT2D eigenvalue weighted by molar-refractivity contribution is 0.0443. The molecular formula is C12H12ClNO. The van der Waals surface area contributed by atoms with E-state index in [1.54, 1.807) is 24.3 Å². The summed E-state index contributed by atoms with van der Waals surface area (Å²) in [5.41, 5.74) is 1.28. The second kappa shape index (κ2) is 2.99. The van der Waals surface area contributed by atoms with Crippen molar-refractivity contribution in [3.63, 3.8) is 0 Å². The average molecular weight is 222 g/mol. The smallest absolute Gasteiger partial charge is 0.253 e. The fraction of sp³-hybridized carbons (Fsp3) is 0.417. The first kappa shape index (κ1) is 9.22. The molecule has 1 heterocycles. The van der Waals surface area contributed by atoms with E-state index in [1.807, 2.05) is 4.90 Å². The van der Waals surface area contributed by atoms with Crippen molar-refractivity contribution < 1.29 is 4.79 Å². The minimum Gasteiger partial charge on any atom is -0.337 e. The molecular weight excluding hydrogens is 210 g/mol. The molecule has 0 aromatic heterocycles. The first-order chi connectivity index (χ1) is 7.19. The quantitative estimate of drug-likeness (QED) is 0.714. The maximum absolute atomic E-state index is 11.9. The molecule has 1 aliphatic carbocycles. The van der Waals surface area contributed by atoms with Crippen molar-refractivity contribution in [2.45, 2.75) is 12.8 Å². The largest absolute Gasteiger partial charge is 0.337 e. The van der Waals surface area contributed by atoms with Crippen LogP contribution in [-0.2, 0) is 0 Å². The van der Waals surface area contributed by atoms with Gasteiger partial charge in [0.15, 0.2) is 0 Å². The van der Waals surface area contributed by atoms with Crippen LogP contribution in [0.15, 0.2) is 24.3 Å². The number of hydrogen-bond acceptors (Lipinski definition) is 1. The zero-order valence-electron chi connectivity index (χ0n) is 8.37. The van der Waals surface area contributed by atoms with Crippen molar-refractivity contribution in [3.05, 3.63) is 34.9 Å². The third kappa shape index (κ3) is 1.53. The number of halogens is 1. The highest BCUT2D eigenvalue weighted by Crippen LogP contribution is 2.53. The van der Waals surface area contributed by atoms with Gasteiger partial charge < -0.3 is 4.90 Å². The molecule has 0 radical (unpaired) electrons. The molecule has 2 nitrogen and oxygen atoms in total. The Morgan fingerprint density at radius 3 is 2.33 bits per heavy atom. The first-order valence-electron chi connectivity index (χ1n) is 5.23. The molecule has 1 aromatic carbocycles. The second-order valence-electron chi connectivity index (χ2n) is 4.67. The molecule has 0 bridgehead atoms. The Balaban J connectivity index is 1.72. The number of amides is 1. The summed E-state index contributed by atoms with van der Waals surface area (Å²) in [4.78, 5) is 13.9. The zero-order valence-corrected chi connectivity index (χ0v) is 9.13. The summed E-state index contributed by atoms with van der Waals surface area (Å²) in [6.45, 7) is 1.91. The lowest BCUT2D eigenvalue weighted by atomic mass is 9.96. The Bertz CT molecular complexity index is 400. The standard InChI is InChI=1S/C12H12ClNO/c13-10-3-1-9(2-4-10)11(15)14-7-12(8-14)5-6-12/h1-4H,5-8H2. The van der Waals surface area contributed by atoms with Gasteiger partial charge in [0.2, 0.25) is 0 Å². The Labute approximate surface area is 93.8 Å². The number of hydrogen-bond donors (Lipinski definition) is 0. The molecule has 2 fully saturated rings. The van der Waals surface area contributed by atoms with E-state index in [0.29, 0.717) is 10.4 Å². The van der Waals surface area contributed by atoms with Crippen LogP contribution in [0, 0.1) is 5.41 Å². The summed E-state index contributed by atoms with van der Waals surface area (Å²) in [6, 6.07) is 7.12. The Kier molecular flexibility index (Phi) is 1.84. The van der Waals surface area contributed by atoms with E-state index >= 15 is 0 Å². The van der Waals surface area contributed by atoms with Crippen molar-refractivity contribution in [1.29, 1.82) is 0 Å². The minimum atomic E-state index is 0.143. The summed E-state index contributed by atoms with van der Waals surface area (Å²) in [7, 11) is 0. The summed E-state index contributed by atoms with van der Waals surface area (Å²) < 4.78 is 0. The fourth-order valence-electron chi connectivity index (χ4n) is 2.18. The van der Waals surface area contributed by atoms with Crippen LogP contribution in [-0.4, -0.2) is 23.9 Å². The van der Waals surface area contributed by atoms with E-state index in [9.17, 15) is 4.79 Å². The topological polar surface area (TPSA) is 20.3 Å². The second-order valence-corrected chi connectivity index (χ2v) is 5.10. The van der Waals surface area contributed by atoms with Gasteiger partial charge in [0.05, 0.1) is 0 Å². The Morgan fingerprint density at radius 2 is 1.80 bits per heavy atom. The average Bonchev–Trinajstić information content (AvgIpc) is 2.95. The lowest BCUT2D eigenvalue weighted by Gasteiger charge is -2.40. The summed E-state index contributed by atoms with van der Waals surface area (Å²) in [5, 5.41) is 0.675. The van der Waals surface area contributed by atoms with Gasteiger partial charge >= 0.3 is 0 Å². The highest BCUT2D eigenvalue weighted by atomic mass is 35.5. The van der Waals surface area contributed by atoms with Gasteiger partial charge in [-0.05, 0) is 37.1 Å². The predicted octanol–water partition coefficient (Wildman–Crippen LogP) is 2.58. The van der Waals surface area contributed by atoms with Crippen LogP contribution in [0.25, 0.3) is 0 Å². The van der Waals surface area contributed by atoms with E-state index in [4.69, 9.17) is 11.6 Å². The van der Waals surface area contributed by atoms with Crippen molar-refractivity contribution in [1.82, 2.24) is 4.90 Å². The Hall–Kier alpha value is -1.02. The van der Waals surface area contributed by atoms with Gasteiger partial charge in [0.25, 0.3) is 5.91 Å². The van der Waals surface area contributed by atoms with Gasteiger partial charge in [-0.15, -0.1) is 0 Å². The minimum absolute atomic E-state index is 0.143. The number of likely N-dealkylation sites (tertiary alicyclic amines) is 1. The SMILES string of the molecule is O=C(c1ccc(Cl)cc1)N1CC2(CC2)C1. The molecule has 1 spiro atoms. The monoisotopic (exact) mass is 221 g/mol. The van der Waals surface area contributed by atoms with Crippen LogP contribution in [0.4, 0.5) is 0 Å². The first-order valence-corrected chi connectivity index (χ1v) is 5.61. The summed E-state index contributed by atoms with van der Waals surface area (Å²) >= 11 is 5.77. The molecule has 1 aromatic rings. The van der Waals surface area contributed by atoms with Gasteiger partial charge in [0.1, 0.15) is 0 Å². The summed E-state index contributed by atoms with van der Waals surface area (Å²) in [5.74, 6) is 0.143. The van der Waals surface area contributed by atoms with Crippen LogP contribution in [0.5, 0.6) is 0 Å². The van der Waals surface area contributed by atoms with Crippen LogP contribution >= 0.6 is 11.6 Å². The molecule has 0 N–H and O–H groups in total. The highest BCUT2D eigenvalue weighted by Gasteiger charge is 2.53. The number of carbonyl (C=O) groups is 1. The van der Waals surface area contributed by atoms with Gasteiger partial charge in [-0.25, -0.2) is 0 Å². The molecule has 3 heteroatoms. The van der Waals surface area contributed by atoms with E-state index < -0.39 is 0 Å². The zero-order chi connectivity index (χ0) is 10.5. The van der Waals surface area contributed by atoms with E-state index in [2.05, 4.69) is 0 Å². The molecule has 0 atom stereocenters. The third-order valence-corrected chi connectivity index (χ3v) is 3.64.